The van der Waals surface area contributed by atoms with Gasteiger partial charge < -0.3 is 5.32 Å². The van der Waals surface area contributed by atoms with E-state index in [0.29, 0.717) is 0 Å². The third-order valence-electron chi connectivity index (χ3n) is 2.73. The second-order valence-electron chi connectivity index (χ2n) is 4.22. The predicted molar refractivity (Wildman–Crippen MR) is 69.3 cm³/mol. The molecule has 0 unspecified atom stereocenters. The van der Waals surface area contributed by atoms with E-state index in [1.165, 1.54) is 16.6 Å². The summed E-state index contributed by atoms with van der Waals surface area (Å²) in [6, 6.07) is 7.52. The number of amides is 1. The van der Waals surface area contributed by atoms with Crippen molar-refractivity contribution in [2.45, 2.75) is 20.4 Å². The molecule has 0 fully saturated rings. The van der Waals surface area contributed by atoms with Crippen LogP contribution in [0.1, 0.15) is 17.0 Å². The van der Waals surface area contributed by atoms with E-state index in [1.54, 1.807) is 0 Å². The molecule has 0 spiro atoms. The van der Waals surface area contributed by atoms with Gasteiger partial charge in [0.2, 0.25) is 5.91 Å². The number of hydrogen-bond donors (Lipinski definition) is 1. The molecule has 2 aromatic rings. The highest BCUT2D eigenvalue weighted by atomic mass is 16.2. The molecule has 0 aliphatic heterocycles. The first kappa shape index (κ1) is 12.8. The highest BCUT2D eigenvalue weighted by Gasteiger charge is 2.06. The van der Waals surface area contributed by atoms with Crippen LogP contribution >= 0.6 is 0 Å². The SMILES string of the molecule is Cc1ccc(NC(=O)Cn2cnc(C#N)n2)cc1C. The van der Waals surface area contributed by atoms with Gasteiger partial charge in [-0.15, -0.1) is 5.10 Å². The summed E-state index contributed by atoms with van der Waals surface area (Å²) in [6.07, 6.45) is 1.36. The van der Waals surface area contributed by atoms with Crippen molar-refractivity contribution in [3.63, 3.8) is 0 Å². The number of benzene rings is 1. The van der Waals surface area contributed by atoms with Crippen LogP contribution in [0.4, 0.5) is 5.69 Å². The van der Waals surface area contributed by atoms with Crippen LogP contribution in [-0.4, -0.2) is 20.7 Å². The molecular weight excluding hydrogens is 242 g/mol. The standard InChI is InChI=1S/C13H13N5O/c1-9-3-4-11(5-10(9)2)16-13(19)7-18-8-15-12(6-14)17-18/h3-5,8H,7H2,1-2H3,(H,16,19). The van der Waals surface area contributed by atoms with E-state index in [0.717, 1.165) is 11.3 Å². The van der Waals surface area contributed by atoms with Gasteiger partial charge in [0.15, 0.2) is 0 Å². The molecule has 96 valence electrons. The second-order valence-corrected chi connectivity index (χ2v) is 4.22. The number of aryl methyl sites for hydroxylation is 2. The Morgan fingerprint density at radius 2 is 2.21 bits per heavy atom. The van der Waals surface area contributed by atoms with Gasteiger partial charge >= 0.3 is 0 Å². The van der Waals surface area contributed by atoms with Gasteiger partial charge in [-0.25, -0.2) is 9.67 Å². The lowest BCUT2D eigenvalue weighted by Crippen LogP contribution is -2.19. The van der Waals surface area contributed by atoms with Gasteiger partial charge in [0.1, 0.15) is 18.9 Å². The molecule has 1 aromatic carbocycles. The molecule has 0 atom stereocenters. The van der Waals surface area contributed by atoms with E-state index in [9.17, 15) is 4.79 Å². The molecule has 6 heteroatoms. The Bertz CT molecular complexity index is 653. The normalized spacial score (nSPS) is 9.95. The highest BCUT2D eigenvalue weighted by Crippen LogP contribution is 2.14. The molecule has 2 rings (SSSR count). The lowest BCUT2D eigenvalue weighted by molar-refractivity contribution is -0.116. The van der Waals surface area contributed by atoms with Gasteiger partial charge in [0.25, 0.3) is 5.82 Å². The first-order chi connectivity index (χ1) is 9.08. The van der Waals surface area contributed by atoms with Crippen LogP contribution in [0.2, 0.25) is 0 Å². The molecule has 1 N–H and O–H groups in total. The smallest absolute Gasteiger partial charge is 0.252 e. The molecule has 0 saturated heterocycles. The van der Waals surface area contributed by atoms with Gasteiger partial charge in [0.05, 0.1) is 0 Å². The topological polar surface area (TPSA) is 83.6 Å². The molecule has 0 aliphatic rings. The number of carbonyl (C=O) groups is 1. The van der Waals surface area contributed by atoms with Crippen LogP contribution in [0.25, 0.3) is 0 Å². The summed E-state index contributed by atoms with van der Waals surface area (Å²) in [5.41, 5.74) is 3.03. The van der Waals surface area contributed by atoms with E-state index in [-0.39, 0.29) is 18.3 Å². The first-order valence-electron chi connectivity index (χ1n) is 5.75. The summed E-state index contributed by atoms with van der Waals surface area (Å²) in [7, 11) is 0. The number of nitrogens with one attached hydrogen (secondary N) is 1. The van der Waals surface area contributed by atoms with Crippen molar-refractivity contribution >= 4 is 11.6 Å². The molecule has 0 aliphatic carbocycles. The van der Waals surface area contributed by atoms with E-state index < -0.39 is 0 Å². The van der Waals surface area contributed by atoms with Gasteiger partial charge in [-0.1, -0.05) is 6.07 Å². The van der Waals surface area contributed by atoms with Gasteiger partial charge in [0, 0.05) is 5.69 Å². The maximum atomic E-state index is 11.8. The second kappa shape index (κ2) is 5.31. The average molecular weight is 255 g/mol. The summed E-state index contributed by atoms with van der Waals surface area (Å²) < 4.78 is 1.33. The Labute approximate surface area is 110 Å². The zero-order chi connectivity index (χ0) is 13.8. The maximum absolute atomic E-state index is 11.8. The first-order valence-corrected chi connectivity index (χ1v) is 5.75. The molecular formula is C13H13N5O. The number of carbonyl (C=O) groups excluding carboxylic acids is 1. The van der Waals surface area contributed by atoms with Gasteiger partial charge in [-0.05, 0) is 37.1 Å². The highest BCUT2D eigenvalue weighted by molar-refractivity contribution is 5.90. The minimum Gasteiger partial charge on any atom is -0.324 e. The van der Waals surface area contributed by atoms with Crippen LogP contribution < -0.4 is 5.32 Å². The Hall–Kier alpha value is -2.68. The fourth-order valence-corrected chi connectivity index (χ4v) is 1.59. The van der Waals surface area contributed by atoms with Crippen molar-refractivity contribution in [1.82, 2.24) is 14.8 Å². The number of hydrogen-bond acceptors (Lipinski definition) is 4. The van der Waals surface area contributed by atoms with Crippen LogP contribution in [0.15, 0.2) is 24.5 Å². The fourth-order valence-electron chi connectivity index (χ4n) is 1.59. The van der Waals surface area contributed by atoms with Crippen molar-refractivity contribution < 1.29 is 4.79 Å². The third-order valence-corrected chi connectivity index (χ3v) is 2.73. The van der Waals surface area contributed by atoms with Crippen LogP contribution in [0.5, 0.6) is 0 Å². The predicted octanol–water partition coefficient (Wildman–Crippen LogP) is 1.41. The van der Waals surface area contributed by atoms with E-state index in [4.69, 9.17) is 5.26 Å². The Balaban J connectivity index is 2.01. The average Bonchev–Trinajstić information content (AvgIpc) is 2.81. The summed E-state index contributed by atoms with van der Waals surface area (Å²) in [5, 5.41) is 15.2. The molecule has 1 heterocycles. The van der Waals surface area contributed by atoms with Crippen LogP contribution in [0.3, 0.4) is 0 Å². The molecule has 6 nitrogen and oxygen atoms in total. The van der Waals surface area contributed by atoms with Crippen molar-refractivity contribution in [2.75, 3.05) is 5.32 Å². The molecule has 0 bridgehead atoms. The van der Waals surface area contributed by atoms with E-state index >= 15 is 0 Å². The quantitative estimate of drug-likeness (QED) is 0.898. The largest absolute Gasteiger partial charge is 0.324 e. The Kier molecular flexibility index (Phi) is 3.57. The van der Waals surface area contributed by atoms with E-state index in [2.05, 4.69) is 15.4 Å². The molecule has 19 heavy (non-hydrogen) atoms. The summed E-state index contributed by atoms with van der Waals surface area (Å²) >= 11 is 0. The fraction of sp³-hybridized carbons (Fsp3) is 0.231. The molecule has 1 amide bonds. The molecule has 0 saturated carbocycles. The number of nitriles is 1. The van der Waals surface area contributed by atoms with Crippen molar-refractivity contribution in [3.8, 4) is 6.07 Å². The van der Waals surface area contributed by atoms with Crippen molar-refractivity contribution in [1.29, 1.82) is 5.26 Å². The Morgan fingerprint density at radius 1 is 1.42 bits per heavy atom. The van der Waals surface area contributed by atoms with Gasteiger partial charge in [-0.2, -0.15) is 5.26 Å². The third kappa shape index (κ3) is 3.16. The number of aromatic nitrogens is 3. The van der Waals surface area contributed by atoms with Crippen LogP contribution in [0, 0.1) is 25.2 Å². The summed E-state index contributed by atoms with van der Waals surface area (Å²) in [6.45, 7) is 4.03. The molecule has 1 aromatic heterocycles. The monoisotopic (exact) mass is 255 g/mol. The maximum Gasteiger partial charge on any atom is 0.252 e. The molecule has 0 radical (unpaired) electrons. The lowest BCUT2D eigenvalue weighted by Gasteiger charge is -2.07. The van der Waals surface area contributed by atoms with Crippen molar-refractivity contribution in [2.24, 2.45) is 0 Å². The summed E-state index contributed by atoms with van der Waals surface area (Å²) in [4.78, 5) is 15.5. The van der Waals surface area contributed by atoms with Gasteiger partial charge in [-0.3, -0.25) is 4.79 Å². The lowest BCUT2D eigenvalue weighted by atomic mass is 10.1. The summed E-state index contributed by atoms with van der Waals surface area (Å²) in [5.74, 6) is -0.156. The minimum atomic E-state index is -0.211. The number of nitrogens with zero attached hydrogens (tertiary/aromatic N) is 4. The van der Waals surface area contributed by atoms with E-state index in [1.807, 2.05) is 38.1 Å². The number of anilines is 1. The zero-order valence-electron chi connectivity index (χ0n) is 10.7. The van der Waals surface area contributed by atoms with Crippen molar-refractivity contribution in [3.05, 3.63) is 41.5 Å². The zero-order valence-corrected chi connectivity index (χ0v) is 10.7. The van der Waals surface area contributed by atoms with Crippen LogP contribution in [-0.2, 0) is 11.3 Å². The number of rotatable bonds is 3. The minimum absolute atomic E-state index is 0.0294. The Morgan fingerprint density at radius 3 is 2.84 bits per heavy atom.